The molecule has 7 nitrogen and oxygen atoms in total. The average Bonchev–Trinajstić information content (AvgIpc) is 3.33. The molecule has 0 aromatic rings. The molecule has 0 radical (unpaired) electrons. The van der Waals surface area contributed by atoms with Gasteiger partial charge >= 0.3 is 0 Å². The number of rotatable bonds is 6. The molecule has 0 saturated carbocycles. The van der Waals surface area contributed by atoms with Gasteiger partial charge in [-0.1, -0.05) is 0 Å². The van der Waals surface area contributed by atoms with Crippen LogP contribution in [0.2, 0.25) is 0 Å². The quantitative estimate of drug-likeness (QED) is 0.555. The first-order valence-electron chi connectivity index (χ1n) is 9.73. The predicted molar refractivity (Wildman–Crippen MR) is 98.1 cm³/mol. The van der Waals surface area contributed by atoms with E-state index in [0.29, 0.717) is 6.04 Å². The number of nitrogens with one attached hydrogen (secondary N) is 1. The van der Waals surface area contributed by atoms with Crippen molar-refractivity contribution in [2.75, 3.05) is 66.7 Å². The van der Waals surface area contributed by atoms with Gasteiger partial charge in [-0.3, -0.25) is 9.89 Å². The molecule has 3 rings (SSSR count). The van der Waals surface area contributed by atoms with Crippen LogP contribution in [-0.2, 0) is 14.2 Å². The molecule has 3 fully saturated rings. The molecule has 144 valence electrons. The summed E-state index contributed by atoms with van der Waals surface area (Å²) in [5.41, 5.74) is 0. The Balaban J connectivity index is 1.48. The van der Waals surface area contributed by atoms with E-state index < -0.39 is 0 Å². The molecule has 0 aromatic carbocycles. The van der Waals surface area contributed by atoms with Gasteiger partial charge in [0.05, 0.1) is 19.3 Å². The lowest BCUT2D eigenvalue weighted by Crippen LogP contribution is -2.54. The van der Waals surface area contributed by atoms with Crippen LogP contribution in [-0.4, -0.2) is 101 Å². The summed E-state index contributed by atoms with van der Waals surface area (Å²) in [5.74, 6) is 0.991. The molecule has 0 bridgehead atoms. The zero-order valence-corrected chi connectivity index (χ0v) is 15.8. The summed E-state index contributed by atoms with van der Waals surface area (Å²) >= 11 is 0. The van der Waals surface area contributed by atoms with Crippen molar-refractivity contribution in [2.24, 2.45) is 4.99 Å². The Morgan fingerprint density at radius 1 is 1.16 bits per heavy atom. The molecule has 3 atom stereocenters. The second-order valence-corrected chi connectivity index (χ2v) is 7.16. The van der Waals surface area contributed by atoms with E-state index >= 15 is 0 Å². The maximum atomic E-state index is 5.95. The molecule has 3 saturated heterocycles. The Morgan fingerprint density at radius 2 is 2.04 bits per heavy atom. The second-order valence-electron chi connectivity index (χ2n) is 7.16. The van der Waals surface area contributed by atoms with Crippen LogP contribution < -0.4 is 5.32 Å². The van der Waals surface area contributed by atoms with Gasteiger partial charge in [-0.2, -0.15) is 0 Å². The van der Waals surface area contributed by atoms with Gasteiger partial charge in [-0.05, 0) is 32.2 Å². The topological polar surface area (TPSA) is 58.6 Å². The third-order valence-electron chi connectivity index (χ3n) is 5.56. The van der Waals surface area contributed by atoms with E-state index in [1.165, 1.54) is 19.4 Å². The van der Waals surface area contributed by atoms with Crippen molar-refractivity contribution >= 4 is 5.96 Å². The second kappa shape index (κ2) is 9.71. The number of nitrogens with zero attached hydrogens (tertiary/aromatic N) is 3. The van der Waals surface area contributed by atoms with Crippen LogP contribution in [0.1, 0.15) is 25.7 Å². The number of hydrogen-bond acceptors (Lipinski definition) is 5. The number of aliphatic imine (C=N–C) groups is 1. The zero-order valence-electron chi connectivity index (χ0n) is 15.8. The molecular weight excluding hydrogens is 320 g/mol. The summed E-state index contributed by atoms with van der Waals surface area (Å²) < 4.78 is 17.0. The Kier molecular flexibility index (Phi) is 7.34. The normalized spacial score (nSPS) is 31.7. The molecule has 0 spiro atoms. The van der Waals surface area contributed by atoms with Gasteiger partial charge in [0.15, 0.2) is 5.96 Å². The maximum Gasteiger partial charge on any atom is 0.193 e. The summed E-state index contributed by atoms with van der Waals surface area (Å²) in [5, 5.41) is 3.60. The largest absolute Gasteiger partial charge is 0.383 e. The van der Waals surface area contributed by atoms with E-state index in [4.69, 9.17) is 14.2 Å². The van der Waals surface area contributed by atoms with Crippen LogP contribution in [0.4, 0.5) is 0 Å². The van der Waals surface area contributed by atoms with E-state index in [-0.39, 0.29) is 12.2 Å². The monoisotopic (exact) mass is 354 g/mol. The molecule has 3 heterocycles. The van der Waals surface area contributed by atoms with Gasteiger partial charge in [0.1, 0.15) is 6.10 Å². The molecule has 1 N–H and O–H groups in total. The summed E-state index contributed by atoms with van der Waals surface area (Å²) in [6.07, 6.45) is 5.19. The van der Waals surface area contributed by atoms with E-state index in [1.54, 1.807) is 7.11 Å². The van der Waals surface area contributed by atoms with E-state index in [9.17, 15) is 0 Å². The number of guanidine groups is 1. The van der Waals surface area contributed by atoms with E-state index in [2.05, 4.69) is 20.1 Å². The highest BCUT2D eigenvalue weighted by Crippen LogP contribution is 2.21. The number of likely N-dealkylation sites (tertiary alicyclic amines) is 1. The molecule has 0 aliphatic carbocycles. The van der Waals surface area contributed by atoms with E-state index in [0.717, 1.165) is 64.8 Å². The predicted octanol–water partition coefficient (Wildman–Crippen LogP) is 0.552. The Morgan fingerprint density at radius 3 is 2.80 bits per heavy atom. The zero-order chi connectivity index (χ0) is 17.5. The maximum absolute atomic E-state index is 5.95. The number of morpholine rings is 1. The molecule has 3 aliphatic rings. The number of hydrogen-bond donors (Lipinski definition) is 1. The van der Waals surface area contributed by atoms with Crippen LogP contribution >= 0.6 is 0 Å². The van der Waals surface area contributed by atoms with Crippen molar-refractivity contribution in [1.82, 2.24) is 15.1 Å². The summed E-state index contributed by atoms with van der Waals surface area (Å²) in [7, 11) is 3.64. The van der Waals surface area contributed by atoms with Crippen molar-refractivity contribution in [1.29, 1.82) is 0 Å². The SMILES string of the molecule is CN=C(NCC1CCCN1CCOC)N1CCOC(C2CCCO2)C1. The minimum absolute atomic E-state index is 0.166. The number of methoxy groups -OCH3 is 1. The first-order chi connectivity index (χ1) is 12.3. The Hall–Kier alpha value is -0.890. The lowest BCUT2D eigenvalue weighted by Gasteiger charge is -2.37. The first-order valence-corrected chi connectivity index (χ1v) is 9.73. The molecule has 25 heavy (non-hydrogen) atoms. The first kappa shape index (κ1) is 18.9. The summed E-state index contributed by atoms with van der Waals surface area (Å²) in [6.45, 7) is 7.30. The third kappa shape index (κ3) is 5.06. The van der Waals surface area contributed by atoms with Crippen LogP contribution in [0.5, 0.6) is 0 Å². The van der Waals surface area contributed by atoms with Crippen LogP contribution in [0.25, 0.3) is 0 Å². The molecule has 0 aromatic heterocycles. The van der Waals surface area contributed by atoms with Crippen molar-refractivity contribution in [3.8, 4) is 0 Å². The minimum Gasteiger partial charge on any atom is -0.383 e. The molecule has 3 aliphatic heterocycles. The van der Waals surface area contributed by atoms with E-state index in [1.807, 2.05) is 7.05 Å². The Labute approximate surface area is 151 Å². The third-order valence-corrected chi connectivity index (χ3v) is 5.56. The lowest BCUT2D eigenvalue weighted by molar-refractivity contribution is -0.0817. The van der Waals surface area contributed by atoms with Crippen LogP contribution in [0, 0.1) is 0 Å². The van der Waals surface area contributed by atoms with Crippen molar-refractivity contribution < 1.29 is 14.2 Å². The molecular formula is C18H34N4O3. The van der Waals surface area contributed by atoms with Gasteiger partial charge in [-0.15, -0.1) is 0 Å². The Bertz CT molecular complexity index is 429. The van der Waals surface area contributed by atoms with Crippen molar-refractivity contribution in [3.05, 3.63) is 0 Å². The van der Waals surface area contributed by atoms with Gasteiger partial charge < -0.3 is 24.4 Å². The highest BCUT2D eigenvalue weighted by Gasteiger charge is 2.32. The summed E-state index contributed by atoms with van der Waals surface area (Å²) in [6, 6.07) is 0.571. The number of ether oxygens (including phenoxy) is 3. The molecule has 3 unspecified atom stereocenters. The average molecular weight is 354 g/mol. The van der Waals surface area contributed by atoms with Gasteiger partial charge in [0.2, 0.25) is 0 Å². The highest BCUT2D eigenvalue weighted by atomic mass is 16.5. The van der Waals surface area contributed by atoms with Gasteiger partial charge in [-0.25, -0.2) is 0 Å². The summed E-state index contributed by atoms with van der Waals surface area (Å²) in [4.78, 5) is 9.36. The van der Waals surface area contributed by atoms with Crippen molar-refractivity contribution in [3.63, 3.8) is 0 Å². The van der Waals surface area contributed by atoms with Crippen LogP contribution in [0.3, 0.4) is 0 Å². The molecule has 0 amide bonds. The fourth-order valence-electron chi connectivity index (χ4n) is 4.16. The van der Waals surface area contributed by atoms with Gasteiger partial charge in [0.25, 0.3) is 0 Å². The fraction of sp³-hybridized carbons (Fsp3) is 0.944. The molecule has 7 heteroatoms. The van der Waals surface area contributed by atoms with Crippen molar-refractivity contribution in [2.45, 2.75) is 43.9 Å². The smallest absolute Gasteiger partial charge is 0.193 e. The van der Waals surface area contributed by atoms with Crippen LogP contribution in [0.15, 0.2) is 4.99 Å². The highest BCUT2D eigenvalue weighted by molar-refractivity contribution is 5.80. The van der Waals surface area contributed by atoms with Gasteiger partial charge in [0, 0.05) is 53.0 Å². The minimum atomic E-state index is 0.166. The lowest BCUT2D eigenvalue weighted by atomic mass is 10.1. The standard InChI is InChI=1S/C18H34N4O3/c1-19-18(20-13-15-5-3-7-21(15)8-11-23-2)22-9-12-25-17(14-22)16-6-4-10-24-16/h15-17H,3-14H2,1-2H3,(H,19,20). The fourth-order valence-corrected chi connectivity index (χ4v) is 4.16.